The molecule has 3 aromatic carbocycles. The lowest BCUT2D eigenvalue weighted by atomic mass is 10.1. The standard InChI is InChI=1S/C41H53ClO7/c1-4-6-8-10-11-12-13-14-15-17-29-46-35-24-19-33(20-25-35)40(44)49-38-28-23-34(30-37(38)42)41(45)48-36-26-21-32(22-27-36)39(43)47-31(3)18-16-9-7-5-2/h19-28,30-31H,4-18,29H2,1-3H3. The molecule has 1 atom stereocenters. The van der Waals surface area contributed by atoms with Gasteiger partial charge in [-0.25, -0.2) is 14.4 Å². The van der Waals surface area contributed by atoms with Gasteiger partial charge in [0.2, 0.25) is 0 Å². The Morgan fingerprint density at radius 3 is 1.65 bits per heavy atom. The maximum Gasteiger partial charge on any atom is 0.343 e. The molecule has 3 rings (SSSR count). The summed E-state index contributed by atoms with van der Waals surface area (Å²) in [7, 11) is 0. The topological polar surface area (TPSA) is 88.1 Å². The Labute approximate surface area is 297 Å². The van der Waals surface area contributed by atoms with Crippen molar-refractivity contribution in [1.29, 1.82) is 0 Å². The fraction of sp³-hybridized carbons (Fsp3) is 0.488. The lowest BCUT2D eigenvalue weighted by Gasteiger charge is -2.13. The van der Waals surface area contributed by atoms with Crippen molar-refractivity contribution in [2.24, 2.45) is 0 Å². The van der Waals surface area contributed by atoms with Gasteiger partial charge in [-0.1, -0.05) is 102 Å². The molecule has 0 spiro atoms. The van der Waals surface area contributed by atoms with Crippen LogP contribution in [0.25, 0.3) is 0 Å². The maximum atomic E-state index is 12.8. The first-order valence-electron chi connectivity index (χ1n) is 18.1. The van der Waals surface area contributed by atoms with Gasteiger partial charge in [-0.05, 0) is 92.9 Å². The van der Waals surface area contributed by atoms with Gasteiger partial charge in [0.05, 0.1) is 34.4 Å². The molecule has 49 heavy (non-hydrogen) atoms. The Morgan fingerprint density at radius 2 is 1.06 bits per heavy atom. The second-order valence-corrected chi connectivity index (χ2v) is 13.0. The summed E-state index contributed by atoms with van der Waals surface area (Å²) in [6, 6.07) is 17.3. The molecule has 0 aliphatic carbocycles. The molecular formula is C41H53ClO7. The SMILES string of the molecule is CCCCCCCCCCCCOc1ccc(C(=O)Oc2ccc(C(=O)Oc3ccc(C(=O)OC(C)CCCCCC)cc3)cc2Cl)cc1. The minimum atomic E-state index is -0.649. The maximum absolute atomic E-state index is 12.8. The van der Waals surface area contributed by atoms with Crippen LogP contribution in [-0.4, -0.2) is 30.6 Å². The quantitative estimate of drug-likeness (QED) is 0.0555. The molecule has 7 nitrogen and oxygen atoms in total. The normalized spacial score (nSPS) is 11.5. The summed E-state index contributed by atoms with van der Waals surface area (Å²) in [5.41, 5.74) is 0.898. The molecule has 0 amide bonds. The Kier molecular flexibility index (Phi) is 18.4. The second kappa shape index (κ2) is 22.7. The van der Waals surface area contributed by atoms with Crippen molar-refractivity contribution in [2.75, 3.05) is 6.61 Å². The summed E-state index contributed by atoms with van der Waals surface area (Å²) in [6.45, 7) is 6.94. The van der Waals surface area contributed by atoms with Crippen molar-refractivity contribution in [3.63, 3.8) is 0 Å². The van der Waals surface area contributed by atoms with Crippen LogP contribution in [0.5, 0.6) is 17.2 Å². The molecule has 0 heterocycles. The van der Waals surface area contributed by atoms with Gasteiger partial charge in [0.25, 0.3) is 0 Å². The summed E-state index contributed by atoms with van der Waals surface area (Å²) in [6.07, 6.45) is 17.8. The number of unbranched alkanes of at least 4 members (excludes halogenated alkanes) is 12. The van der Waals surface area contributed by atoms with E-state index in [1.807, 2.05) is 6.92 Å². The molecule has 1 unspecified atom stereocenters. The zero-order chi connectivity index (χ0) is 35.3. The molecule has 0 N–H and O–H groups in total. The predicted octanol–water partition coefficient (Wildman–Crippen LogP) is 11.6. The minimum Gasteiger partial charge on any atom is -0.494 e. The fourth-order valence-corrected chi connectivity index (χ4v) is 5.55. The highest BCUT2D eigenvalue weighted by Gasteiger charge is 2.17. The number of hydrogen-bond acceptors (Lipinski definition) is 7. The van der Waals surface area contributed by atoms with Gasteiger partial charge in [0.1, 0.15) is 17.2 Å². The number of carbonyl (C=O) groups is 3. The molecule has 3 aromatic rings. The molecule has 8 heteroatoms. The Hall–Kier alpha value is -3.84. The fourth-order valence-electron chi connectivity index (χ4n) is 5.33. The van der Waals surface area contributed by atoms with E-state index in [0.717, 1.165) is 38.5 Å². The third-order valence-electron chi connectivity index (χ3n) is 8.30. The number of carbonyl (C=O) groups excluding carboxylic acids is 3. The van der Waals surface area contributed by atoms with E-state index in [1.54, 1.807) is 36.4 Å². The Morgan fingerprint density at radius 1 is 0.571 bits per heavy atom. The Bertz CT molecular complexity index is 1420. The molecule has 0 radical (unpaired) electrons. The van der Waals surface area contributed by atoms with E-state index in [4.69, 9.17) is 30.5 Å². The van der Waals surface area contributed by atoms with Crippen molar-refractivity contribution in [2.45, 2.75) is 123 Å². The van der Waals surface area contributed by atoms with Gasteiger partial charge in [-0.15, -0.1) is 0 Å². The smallest absolute Gasteiger partial charge is 0.343 e. The van der Waals surface area contributed by atoms with E-state index in [9.17, 15) is 14.4 Å². The van der Waals surface area contributed by atoms with Crippen LogP contribution in [0.4, 0.5) is 0 Å². The summed E-state index contributed by atoms with van der Waals surface area (Å²) in [4.78, 5) is 38.0. The molecule has 266 valence electrons. The molecule has 0 aliphatic rings. The van der Waals surface area contributed by atoms with E-state index in [1.165, 1.54) is 88.1 Å². The molecular weight excluding hydrogens is 640 g/mol. The lowest BCUT2D eigenvalue weighted by molar-refractivity contribution is 0.0319. The van der Waals surface area contributed by atoms with Gasteiger partial charge < -0.3 is 18.9 Å². The second-order valence-electron chi connectivity index (χ2n) is 12.6. The van der Waals surface area contributed by atoms with E-state index < -0.39 is 17.9 Å². The van der Waals surface area contributed by atoms with E-state index in [0.29, 0.717) is 23.5 Å². The first-order chi connectivity index (χ1) is 23.8. The van der Waals surface area contributed by atoms with E-state index >= 15 is 0 Å². The van der Waals surface area contributed by atoms with Crippen LogP contribution in [0, 0.1) is 0 Å². The first-order valence-corrected chi connectivity index (χ1v) is 18.5. The van der Waals surface area contributed by atoms with Crippen molar-refractivity contribution >= 4 is 29.5 Å². The van der Waals surface area contributed by atoms with Gasteiger partial charge in [-0.3, -0.25) is 0 Å². The number of hydrogen-bond donors (Lipinski definition) is 0. The highest BCUT2D eigenvalue weighted by Crippen LogP contribution is 2.28. The summed E-state index contributed by atoms with van der Waals surface area (Å²) in [5.74, 6) is -0.566. The van der Waals surface area contributed by atoms with E-state index in [-0.39, 0.29) is 28.2 Å². The van der Waals surface area contributed by atoms with Crippen molar-refractivity contribution in [3.05, 3.63) is 88.4 Å². The van der Waals surface area contributed by atoms with Crippen LogP contribution in [0.2, 0.25) is 5.02 Å². The zero-order valence-corrected chi connectivity index (χ0v) is 30.2. The van der Waals surface area contributed by atoms with Crippen LogP contribution >= 0.6 is 11.6 Å². The largest absolute Gasteiger partial charge is 0.494 e. The molecule has 0 aromatic heterocycles. The van der Waals surface area contributed by atoms with Crippen molar-refractivity contribution < 1.29 is 33.3 Å². The van der Waals surface area contributed by atoms with Crippen LogP contribution in [0.1, 0.15) is 148 Å². The molecule has 0 saturated carbocycles. The molecule has 0 saturated heterocycles. The summed E-state index contributed by atoms with van der Waals surface area (Å²) in [5, 5.41) is 0.0844. The highest BCUT2D eigenvalue weighted by molar-refractivity contribution is 6.32. The van der Waals surface area contributed by atoms with Crippen molar-refractivity contribution in [1.82, 2.24) is 0 Å². The van der Waals surface area contributed by atoms with Crippen LogP contribution in [0.3, 0.4) is 0 Å². The van der Waals surface area contributed by atoms with E-state index in [2.05, 4.69) is 13.8 Å². The van der Waals surface area contributed by atoms with Crippen molar-refractivity contribution in [3.8, 4) is 17.2 Å². The number of ether oxygens (including phenoxy) is 4. The van der Waals surface area contributed by atoms with Gasteiger partial charge in [-0.2, -0.15) is 0 Å². The third kappa shape index (κ3) is 15.1. The van der Waals surface area contributed by atoms with Gasteiger partial charge in [0, 0.05) is 0 Å². The van der Waals surface area contributed by atoms with Crippen LogP contribution in [0.15, 0.2) is 66.7 Å². The molecule has 0 fully saturated rings. The number of esters is 3. The minimum absolute atomic E-state index is 0.0844. The average molecular weight is 693 g/mol. The number of halogens is 1. The first kappa shape index (κ1) is 39.6. The van der Waals surface area contributed by atoms with Crippen LogP contribution in [-0.2, 0) is 4.74 Å². The summed E-state index contributed by atoms with van der Waals surface area (Å²) < 4.78 is 22.3. The predicted molar refractivity (Wildman–Crippen MR) is 195 cm³/mol. The van der Waals surface area contributed by atoms with Gasteiger partial charge in [0.15, 0.2) is 0 Å². The highest BCUT2D eigenvalue weighted by atomic mass is 35.5. The Balaban J connectivity index is 1.39. The number of rotatable bonds is 23. The monoisotopic (exact) mass is 692 g/mol. The summed E-state index contributed by atoms with van der Waals surface area (Å²) >= 11 is 6.36. The zero-order valence-electron chi connectivity index (χ0n) is 29.5. The number of benzene rings is 3. The third-order valence-corrected chi connectivity index (χ3v) is 8.60. The molecule has 0 aliphatic heterocycles. The molecule has 0 bridgehead atoms. The lowest BCUT2D eigenvalue weighted by Crippen LogP contribution is -2.15. The van der Waals surface area contributed by atoms with Gasteiger partial charge >= 0.3 is 17.9 Å². The van der Waals surface area contributed by atoms with Crippen LogP contribution < -0.4 is 14.2 Å². The average Bonchev–Trinajstić information content (AvgIpc) is 3.10.